The molecular weight excluding hydrogens is 222 g/mol. The van der Waals surface area contributed by atoms with E-state index in [1.165, 1.54) is 0 Å². The molecule has 1 fully saturated rings. The molecule has 1 N–H and O–H groups in total. The minimum absolute atomic E-state index is 0.262. The number of esters is 1. The number of ether oxygens (including phenoxy) is 3. The minimum Gasteiger partial charge on any atom is -0.460 e. The van der Waals surface area contributed by atoms with Gasteiger partial charge in [-0.1, -0.05) is 6.58 Å². The van der Waals surface area contributed by atoms with E-state index in [0.29, 0.717) is 25.9 Å². The Kier molecular flexibility index (Phi) is 7.62. The Morgan fingerprint density at radius 1 is 1.24 bits per heavy atom. The second-order valence-electron chi connectivity index (χ2n) is 3.80. The molecule has 0 atom stereocenters. The van der Waals surface area contributed by atoms with Crippen molar-refractivity contribution < 1.29 is 19.0 Å². The second-order valence-corrected chi connectivity index (χ2v) is 3.80. The van der Waals surface area contributed by atoms with Crippen molar-refractivity contribution in [1.82, 2.24) is 5.32 Å². The zero-order valence-corrected chi connectivity index (χ0v) is 10.2. The standard InChI is InChI=1S/C12H21NO4/c1-2-12(14)17-10-8-15-7-9-16-11-3-5-13-6-4-11/h2,11,13H,1,3-10H2. The van der Waals surface area contributed by atoms with E-state index >= 15 is 0 Å². The van der Waals surface area contributed by atoms with Gasteiger partial charge in [0.25, 0.3) is 0 Å². The molecule has 0 bridgehead atoms. The molecule has 1 rings (SSSR count). The zero-order chi connectivity index (χ0) is 12.3. The summed E-state index contributed by atoms with van der Waals surface area (Å²) < 4.78 is 15.7. The lowest BCUT2D eigenvalue weighted by Crippen LogP contribution is -2.33. The highest BCUT2D eigenvalue weighted by molar-refractivity contribution is 5.81. The number of carbonyl (C=O) groups excluding carboxylic acids is 1. The number of carbonyl (C=O) groups is 1. The molecule has 1 heterocycles. The summed E-state index contributed by atoms with van der Waals surface area (Å²) in [5.74, 6) is -0.417. The van der Waals surface area contributed by atoms with Gasteiger partial charge in [0.2, 0.25) is 0 Å². The number of piperidine rings is 1. The lowest BCUT2D eigenvalue weighted by molar-refractivity contribution is -0.139. The highest BCUT2D eigenvalue weighted by atomic mass is 16.6. The van der Waals surface area contributed by atoms with Crippen LogP contribution in [0.4, 0.5) is 0 Å². The van der Waals surface area contributed by atoms with Gasteiger partial charge in [-0.15, -0.1) is 0 Å². The van der Waals surface area contributed by atoms with Gasteiger partial charge in [0.1, 0.15) is 6.61 Å². The summed E-state index contributed by atoms with van der Waals surface area (Å²) in [7, 11) is 0. The third kappa shape index (κ3) is 7.10. The van der Waals surface area contributed by atoms with Crippen LogP contribution in [0.25, 0.3) is 0 Å². The summed E-state index contributed by atoms with van der Waals surface area (Å²) in [6.45, 7) is 7.16. The van der Waals surface area contributed by atoms with Crippen LogP contribution in [0.1, 0.15) is 12.8 Å². The lowest BCUT2D eigenvalue weighted by atomic mass is 10.1. The van der Waals surface area contributed by atoms with Gasteiger partial charge in [0.15, 0.2) is 0 Å². The van der Waals surface area contributed by atoms with E-state index in [1.807, 2.05) is 0 Å². The fourth-order valence-corrected chi connectivity index (χ4v) is 1.60. The number of hydrogen-bond donors (Lipinski definition) is 1. The second kappa shape index (κ2) is 9.15. The largest absolute Gasteiger partial charge is 0.460 e. The maximum Gasteiger partial charge on any atom is 0.330 e. The summed E-state index contributed by atoms with van der Waals surface area (Å²) in [5.41, 5.74) is 0. The Morgan fingerprint density at radius 3 is 2.65 bits per heavy atom. The Balaban J connectivity index is 1.83. The van der Waals surface area contributed by atoms with Gasteiger partial charge in [-0.05, 0) is 25.9 Å². The molecular formula is C12H21NO4. The molecule has 1 aliphatic heterocycles. The fraction of sp³-hybridized carbons (Fsp3) is 0.750. The van der Waals surface area contributed by atoms with E-state index in [4.69, 9.17) is 14.2 Å². The van der Waals surface area contributed by atoms with Crippen LogP contribution in [0.3, 0.4) is 0 Å². The van der Waals surface area contributed by atoms with Crippen molar-refractivity contribution in [3.05, 3.63) is 12.7 Å². The number of rotatable bonds is 8. The Morgan fingerprint density at radius 2 is 1.94 bits per heavy atom. The van der Waals surface area contributed by atoms with Gasteiger partial charge >= 0.3 is 5.97 Å². The van der Waals surface area contributed by atoms with E-state index in [9.17, 15) is 4.79 Å². The van der Waals surface area contributed by atoms with Crippen LogP contribution in [0.5, 0.6) is 0 Å². The molecule has 0 unspecified atom stereocenters. The van der Waals surface area contributed by atoms with Crippen molar-refractivity contribution >= 4 is 5.97 Å². The fourth-order valence-electron chi connectivity index (χ4n) is 1.60. The first kappa shape index (κ1) is 14.2. The monoisotopic (exact) mass is 243 g/mol. The normalized spacial score (nSPS) is 16.7. The first-order chi connectivity index (χ1) is 8.33. The first-order valence-electron chi connectivity index (χ1n) is 6.02. The van der Waals surface area contributed by atoms with Crippen molar-refractivity contribution in [2.75, 3.05) is 39.5 Å². The molecule has 5 heteroatoms. The summed E-state index contributed by atoms with van der Waals surface area (Å²) in [5, 5.41) is 3.28. The van der Waals surface area contributed by atoms with E-state index in [1.54, 1.807) is 0 Å². The van der Waals surface area contributed by atoms with Crippen molar-refractivity contribution in [3.63, 3.8) is 0 Å². The van der Waals surface area contributed by atoms with E-state index in [2.05, 4.69) is 11.9 Å². The van der Waals surface area contributed by atoms with Crippen LogP contribution >= 0.6 is 0 Å². The molecule has 1 saturated heterocycles. The molecule has 0 aromatic carbocycles. The average Bonchev–Trinajstić information content (AvgIpc) is 2.38. The average molecular weight is 243 g/mol. The molecule has 0 saturated carbocycles. The quantitative estimate of drug-likeness (QED) is 0.382. The molecule has 0 aliphatic carbocycles. The molecule has 0 spiro atoms. The number of hydrogen-bond acceptors (Lipinski definition) is 5. The van der Waals surface area contributed by atoms with Crippen LogP contribution in [0.15, 0.2) is 12.7 Å². The Bertz CT molecular complexity index is 227. The maximum atomic E-state index is 10.7. The van der Waals surface area contributed by atoms with Gasteiger partial charge in [-0.3, -0.25) is 0 Å². The molecule has 17 heavy (non-hydrogen) atoms. The SMILES string of the molecule is C=CC(=O)OCCOCCOC1CCNCC1. The van der Waals surface area contributed by atoms with Crippen molar-refractivity contribution in [3.8, 4) is 0 Å². The van der Waals surface area contributed by atoms with Gasteiger partial charge in [-0.2, -0.15) is 0 Å². The van der Waals surface area contributed by atoms with Gasteiger partial charge < -0.3 is 19.5 Å². The minimum atomic E-state index is -0.417. The lowest BCUT2D eigenvalue weighted by Gasteiger charge is -2.22. The van der Waals surface area contributed by atoms with Gasteiger partial charge in [0.05, 0.1) is 25.9 Å². The predicted octanol–water partition coefficient (Wildman–Crippen LogP) is 0.501. The molecule has 1 aliphatic rings. The summed E-state index contributed by atoms with van der Waals surface area (Å²) in [4.78, 5) is 10.7. The zero-order valence-electron chi connectivity index (χ0n) is 10.2. The van der Waals surface area contributed by atoms with Crippen LogP contribution in [-0.4, -0.2) is 51.6 Å². The third-order valence-corrected chi connectivity index (χ3v) is 2.51. The molecule has 5 nitrogen and oxygen atoms in total. The van der Waals surface area contributed by atoms with E-state index in [0.717, 1.165) is 32.0 Å². The van der Waals surface area contributed by atoms with Crippen molar-refractivity contribution in [2.45, 2.75) is 18.9 Å². The van der Waals surface area contributed by atoms with E-state index in [-0.39, 0.29) is 6.61 Å². The molecule has 0 radical (unpaired) electrons. The van der Waals surface area contributed by atoms with Crippen LogP contribution in [0.2, 0.25) is 0 Å². The molecule has 0 amide bonds. The van der Waals surface area contributed by atoms with Crippen LogP contribution in [-0.2, 0) is 19.0 Å². The van der Waals surface area contributed by atoms with Crippen LogP contribution < -0.4 is 5.32 Å². The summed E-state index contributed by atoms with van der Waals surface area (Å²) in [6.07, 6.45) is 3.63. The third-order valence-electron chi connectivity index (χ3n) is 2.51. The van der Waals surface area contributed by atoms with E-state index < -0.39 is 5.97 Å². The maximum absolute atomic E-state index is 10.7. The molecule has 0 aromatic heterocycles. The Hall–Kier alpha value is -0.910. The highest BCUT2D eigenvalue weighted by Gasteiger charge is 2.12. The van der Waals surface area contributed by atoms with Gasteiger partial charge in [-0.25, -0.2) is 4.79 Å². The summed E-state index contributed by atoms with van der Waals surface area (Å²) in [6, 6.07) is 0. The predicted molar refractivity (Wildman–Crippen MR) is 63.8 cm³/mol. The molecule has 98 valence electrons. The number of nitrogens with one attached hydrogen (secondary N) is 1. The topological polar surface area (TPSA) is 56.8 Å². The first-order valence-corrected chi connectivity index (χ1v) is 6.02. The highest BCUT2D eigenvalue weighted by Crippen LogP contribution is 2.06. The van der Waals surface area contributed by atoms with Crippen molar-refractivity contribution in [1.29, 1.82) is 0 Å². The Labute approximate surface area is 102 Å². The summed E-state index contributed by atoms with van der Waals surface area (Å²) >= 11 is 0. The van der Waals surface area contributed by atoms with Gasteiger partial charge in [0, 0.05) is 6.08 Å². The van der Waals surface area contributed by atoms with Crippen LogP contribution in [0, 0.1) is 0 Å². The molecule has 0 aromatic rings. The van der Waals surface area contributed by atoms with Crippen molar-refractivity contribution in [2.24, 2.45) is 0 Å². The smallest absolute Gasteiger partial charge is 0.330 e.